The van der Waals surface area contributed by atoms with Gasteiger partial charge in [0.1, 0.15) is 4.21 Å². The molecule has 0 atom stereocenters. The monoisotopic (exact) mass is 380 g/mol. The van der Waals surface area contributed by atoms with E-state index in [0.29, 0.717) is 36.8 Å². The van der Waals surface area contributed by atoms with Gasteiger partial charge in [0.05, 0.1) is 3.79 Å². The zero-order chi connectivity index (χ0) is 14.8. The van der Waals surface area contributed by atoms with E-state index in [1.165, 1.54) is 15.6 Å². The van der Waals surface area contributed by atoms with E-state index in [0.717, 1.165) is 10.2 Å². The number of rotatable bonds is 4. The summed E-state index contributed by atoms with van der Waals surface area (Å²) in [6, 6.07) is 3.34. The summed E-state index contributed by atoms with van der Waals surface area (Å²) in [5.41, 5.74) is 0. The Hall–Kier alpha value is -0.440. The predicted octanol–water partition coefficient (Wildman–Crippen LogP) is 2.14. The van der Waals surface area contributed by atoms with Crippen molar-refractivity contribution in [2.24, 2.45) is 0 Å². The van der Waals surface area contributed by atoms with Crippen LogP contribution in [0.5, 0.6) is 0 Å². The maximum absolute atomic E-state index is 12.4. The molecule has 1 aliphatic heterocycles. The minimum Gasteiger partial charge on any atom is -0.340 e. The molecule has 5 nitrogen and oxygen atoms in total. The first kappa shape index (κ1) is 15.9. The minimum atomic E-state index is -3.42. The van der Waals surface area contributed by atoms with Crippen LogP contribution < -0.4 is 0 Å². The molecule has 1 aromatic heterocycles. The number of nitrogens with zero attached hydrogens (tertiary/aromatic N) is 2. The number of hydrogen-bond acceptors (Lipinski definition) is 4. The molecule has 0 radical (unpaired) electrons. The molecule has 0 aliphatic carbocycles. The van der Waals surface area contributed by atoms with Crippen molar-refractivity contribution < 1.29 is 13.2 Å². The van der Waals surface area contributed by atoms with Gasteiger partial charge in [-0.3, -0.25) is 4.79 Å². The first-order valence-corrected chi connectivity index (χ1v) is 9.53. The van der Waals surface area contributed by atoms with Gasteiger partial charge in [-0.2, -0.15) is 4.31 Å². The van der Waals surface area contributed by atoms with Gasteiger partial charge in [0.2, 0.25) is 5.91 Å². The highest BCUT2D eigenvalue weighted by Gasteiger charge is 2.30. The highest BCUT2D eigenvalue weighted by Crippen LogP contribution is 2.28. The van der Waals surface area contributed by atoms with Crippen LogP contribution >= 0.6 is 27.3 Å². The zero-order valence-electron chi connectivity index (χ0n) is 11.2. The first-order chi connectivity index (χ1) is 9.45. The Morgan fingerprint density at radius 1 is 1.30 bits per heavy atom. The molecule has 0 N–H and O–H groups in total. The number of hydrogen-bond donors (Lipinski definition) is 0. The van der Waals surface area contributed by atoms with Gasteiger partial charge in [0, 0.05) is 32.6 Å². The van der Waals surface area contributed by atoms with Gasteiger partial charge in [0.15, 0.2) is 0 Å². The fourth-order valence-corrected chi connectivity index (χ4v) is 5.70. The Morgan fingerprint density at radius 2 is 1.95 bits per heavy atom. The van der Waals surface area contributed by atoms with Crippen LogP contribution in [0, 0.1) is 0 Å². The van der Waals surface area contributed by atoms with Gasteiger partial charge < -0.3 is 4.90 Å². The van der Waals surface area contributed by atoms with Gasteiger partial charge in [-0.05, 0) is 34.5 Å². The molecule has 0 spiro atoms. The highest BCUT2D eigenvalue weighted by molar-refractivity contribution is 9.11. The first-order valence-electron chi connectivity index (χ1n) is 6.48. The molecule has 112 valence electrons. The molecule has 1 saturated heterocycles. The fraction of sp³-hybridized carbons (Fsp3) is 0.583. The molecule has 0 unspecified atom stereocenters. The molecule has 0 bridgehead atoms. The number of thiophene rings is 1. The largest absolute Gasteiger partial charge is 0.340 e. The number of amides is 1. The van der Waals surface area contributed by atoms with Crippen molar-refractivity contribution >= 4 is 43.2 Å². The van der Waals surface area contributed by atoms with Gasteiger partial charge in [-0.15, -0.1) is 11.3 Å². The number of carbonyl (C=O) groups is 1. The molecule has 1 amide bonds. The van der Waals surface area contributed by atoms with Crippen molar-refractivity contribution in [2.45, 2.75) is 24.0 Å². The molecule has 1 fully saturated rings. The summed E-state index contributed by atoms with van der Waals surface area (Å²) in [6.07, 6.45) is 1.35. The van der Waals surface area contributed by atoms with Crippen LogP contribution in [0.2, 0.25) is 0 Å². The zero-order valence-corrected chi connectivity index (χ0v) is 14.4. The fourth-order valence-electron chi connectivity index (χ4n) is 2.11. The Kier molecular flexibility index (Phi) is 5.22. The average molecular weight is 381 g/mol. The predicted molar refractivity (Wildman–Crippen MR) is 82.3 cm³/mol. The van der Waals surface area contributed by atoms with E-state index < -0.39 is 10.0 Å². The lowest BCUT2D eigenvalue weighted by Crippen LogP contribution is -2.50. The maximum atomic E-state index is 12.4. The van der Waals surface area contributed by atoms with E-state index in [1.54, 1.807) is 17.0 Å². The van der Waals surface area contributed by atoms with Crippen molar-refractivity contribution in [2.75, 3.05) is 26.2 Å². The molecule has 2 heterocycles. The quantitative estimate of drug-likeness (QED) is 0.803. The summed E-state index contributed by atoms with van der Waals surface area (Å²) in [7, 11) is -3.42. The molecule has 0 saturated carbocycles. The highest BCUT2D eigenvalue weighted by atomic mass is 79.9. The van der Waals surface area contributed by atoms with Crippen LogP contribution in [-0.2, 0) is 14.8 Å². The topological polar surface area (TPSA) is 57.7 Å². The van der Waals surface area contributed by atoms with Crippen LogP contribution in [-0.4, -0.2) is 49.7 Å². The molecule has 1 aromatic rings. The van der Waals surface area contributed by atoms with Gasteiger partial charge >= 0.3 is 0 Å². The number of halogens is 1. The SMILES string of the molecule is CCCC(=O)N1CCN(S(=O)(=O)c2ccc(Br)s2)CC1. The smallest absolute Gasteiger partial charge is 0.252 e. The van der Waals surface area contributed by atoms with Crippen LogP contribution in [0.25, 0.3) is 0 Å². The maximum Gasteiger partial charge on any atom is 0.252 e. The second kappa shape index (κ2) is 6.55. The molecule has 1 aliphatic rings. The van der Waals surface area contributed by atoms with Gasteiger partial charge in [-0.1, -0.05) is 6.92 Å². The van der Waals surface area contributed by atoms with Gasteiger partial charge in [-0.25, -0.2) is 8.42 Å². The third-order valence-corrected chi connectivity index (χ3v) is 7.19. The van der Waals surface area contributed by atoms with Crippen molar-refractivity contribution in [3.63, 3.8) is 0 Å². The summed E-state index contributed by atoms with van der Waals surface area (Å²) in [6.45, 7) is 3.66. The van der Waals surface area contributed by atoms with Crippen molar-refractivity contribution in [3.05, 3.63) is 15.9 Å². The lowest BCUT2D eigenvalue weighted by Gasteiger charge is -2.33. The molecule has 0 aromatic carbocycles. The lowest BCUT2D eigenvalue weighted by atomic mass is 10.2. The molecule has 2 rings (SSSR count). The molecular weight excluding hydrogens is 364 g/mol. The standard InChI is InChI=1S/C12H17BrN2O3S2/c1-2-3-11(16)14-6-8-15(9-7-14)20(17,18)12-5-4-10(13)19-12/h4-5H,2-3,6-9H2,1H3. The second-order valence-corrected chi connectivity index (χ2v) is 9.22. The van der Waals surface area contributed by atoms with E-state index in [4.69, 9.17) is 0 Å². The Labute approximate surface area is 131 Å². The van der Waals surface area contributed by atoms with Crippen molar-refractivity contribution in [1.29, 1.82) is 0 Å². The summed E-state index contributed by atoms with van der Waals surface area (Å²) >= 11 is 4.49. The Morgan fingerprint density at radius 3 is 2.45 bits per heavy atom. The molecular formula is C12H17BrN2O3S2. The number of carbonyl (C=O) groups excluding carboxylic acids is 1. The summed E-state index contributed by atoms with van der Waals surface area (Å²) in [4.78, 5) is 13.5. The average Bonchev–Trinajstić information content (AvgIpc) is 2.86. The van der Waals surface area contributed by atoms with Crippen LogP contribution in [0.15, 0.2) is 20.1 Å². The van der Waals surface area contributed by atoms with Crippen molar-refractivity contribution in [3.8, 4) is 0 Å². The number of sulfonamides is 1. The van der Waals surface area contributed by atoms with Crippen LogP contribution in [0.4, 0.5) is 0 Å². The Bertz CT molecular complexity index is 577. The molecule has 8 heteroatoms. The molecule has 20 heavy (non-hydrogen) atoms. The lowest BCUT2D eigenvalue weighted by molar-refractivity contribution is -0.132. The third kappa shape index (κ3) is 3.41. The van der Waals surface area contributed by atoms with Crippen molar-refractivity contribution in [1.82, 2.24) is 9.21 Å². The van der Waals surface area contributed by atoms with E-state index in [1.807, 2.05) is 6.92 Å². The van der Waals surface area contributed by atoms with E-state index in [2.05, 4.69) is 15.9 Å². The van der Waals surface area contributed by atoms with Crippen LogP contribution in [0.3, 0.4) is 0 Å². The number of piperazine rings is 1. The van der Waals surface area contributed by atoms with E-state index in [-0.39, 0.29) is 5.91 Å². The van der Waals surface area contributed by atoms with E-state index >= 15 is 0 Å². The summed E-state index contributed by atoms with van der Waals surface area (Å²) in [5, 5.41) is 0. The minimum absolute atomic E-state index is 0.114. The normalized spacial score (nSPS) is 17.4. The van der Waals surface area contributed by atoms with Crippen LogP contribution in [0.1, 0.15) is 19.8 Å². The van der Waals surface area contributed by atoms with E-state index in [9.17, 15) is 13.2 Å². The summed E-state index contributed by atoms with van der Waals surface area (Å²) in [5.74, 6) is 0.114. The summed E-state index contributed by atoms with van der Waals surface area (Å²) < 4.78 is 27.4. The second-order valence-electron chi connectivity index (χ2n) is 4.59. The Balaban J connectivity index is 2.02. The van der Waals surface area contributed by atoms with Gasteiger partial charge in [0.25, 0.3) is 10.0 Å². The third-order valence-electron chi connectivity index (χ3n) is 3.20.